The molecule has 1 nitrogen and oxygen atoms in total. The lowest BCUT2D eigenvalue weighted by Gasteiger charge is -1.80. The van der Waals surface area contributed by atoms with E-state index in [9.17, 15) is 0 Å². The summed E-state index contributed by atoms with van der Waals surface area (Å²) in [6, 6.07) is 2.03. The van der Waals surface area contributed by atoms with Crippen LogP contribution in [0.2, 0.25) is 0 Å². The molecule has 0 spiro atoms. The molecule has 1 aliphatic rings. The van der Waals surface area contributed by atoms with E-state index in [1.54, 1.807) is 11.3 Å². The van der Waals surface area contributed by atoms with Gasteiger partial charge in [0.25, 0.3) is 0 Å². The lowest BCUT2D eigenvalue weighted by atomic mass is 10.4. The van der Waals surface area contributed by atoms with Crippen LogP contribution < -0.4 is 5.32 Å². The van der Waals surface area contributed by atoms with Gasteiger partial charge in [-0.25, -0.2) is 0 Å². The van der Waals surface area contributed by atoms with Crippen LogP contribution in [0.15, 0.2) is 17.6 Å². The van der Waals surface area contributed by atoms with Crippen LogP contribution in [0.4, 0.5) is 5.69 Å². The van der Waals surface area contributed by atoms with Gasteiger partial charge in [-0.15, -0.1) is 11.3 Å². The molecular weight excluding hydrogens is 118 g/mol. The van der Waals surface area contributed by atoms with Gasteiger partial charge in [-0.3, -0.25) is 5.32 Å². The second kappa shape index (κ2) is 1.36. The number of hydrogen-bond donors (Lipinski definition) is 0. The minimum absolute atomic E-state index is 1.12. The van der Waals surface area contributed by atoms with Crippen molar-refractivity contribution in [1.29, 1.82) is 0 Å². The minimum Gasteiger partial charge on any atom is -0.255 e. The summed E-state index contributed by atoms with van der Waals surface area (Å²) < 4.78 is 0. The van der Waals surface area contributed by atoms with Crippen molar-refractivity contribution >= 4 is 23.1 Å². The normalized spacial score (nSPS) is 13.5. The van der Waals surface area contributed by atoms with Gasteiger partial charge < -0.3 is 0 Å². The molecule has 0 N–H and O–H groups in total. The lowest BCUT2D eigenvalue weighted by Crippen LogP contribution is -1.73. The molecule has 0 aliphatic carbocycles. The molecule has 0 atom stereocenters. The van der Waals surface area contributed by atoms with Crippen molar-refractivity contribution in [3.63, 3.8) is 0 Å². The maximum Gasteiger partial charge on any atom is 0.0810 e. The monoisotopic (exact) mass is 122 g/mol. The Morgan fingerprint density at radius 3 is 3.38 bits per heavy atom. The van der Waals surface area contributed by atoms with Gasteiger partial charge in [-0.05, 0) is 17.5 Å². The van der Waals surface area contributed by atoms with E-state index in [2.05, 4.69) is 10.7 Å². The topological polar surface area (TPSA) is 14.1 Å². The first-order valence-electron chi connectivity index (χ1n) is 2.42. The Labute approximate surface area is 51.7 Å². The lowest BCUT2D eigenvalue weighted by molar-refractivity contribution is 1.23. The fourth-order valence-electron chi connectivity index (χ4n) is 0.731. The molecule has 2 heteroatoms. The molecule has 0 fully saturated rings. The first kappa shape index (κ1) is 4.15. The highest BCUT2D eigenvalue weighted by molar-refractivity contribution is 7.11. The van der Waals surface area contributed by atoms with Crippen LogP contribution in [0, 0.1) is 0 Å². The molecule has 1 aromatic rings. The van der Waals surface area contributed by atoms with Crippen LogP contribution in [0.1, 0.15) is 4.88 Å². The molecule has 0 saturated carbocycles. The molecule has 1 aliphatic heterocycles. The van der Waals surface area contributed by atoms with Crippen molar-refractivity contribution < 1.29 is 0 Å². The quantitative estimate of drug-likeness (QED) is 0.499. The molecule has 0 saturated heterocycles. The van der Waals surface area contributed by atoms with Gasteiger partial charge in [-0.1, -0.05) is 0 Å². The number of hydrogen-bond acceptors (Lipinski definition) is 1. The van der Waals surface area contributed by atoms with Gasteiger partial charge in [0.2, 0.25) is 0 Å². The molecule has 2 rings (SSSR count). The molecular formula is C6H4NS. The van der Waals surface area contributed by atoms with E-state index < -0.39 is 0 Å². The second-order valence-electron chi connectivity index (χ2n) is 1.61. The predicted molar refractivity (Wildman–Crippen MR) is 35.1 cm³/mol. The molecule has 8 heavy (non-hydrogen) atoms. The van der Waals surface area contributed by atoms with Crippen molar-refractivity contribution in [2.75, 3.05) is 0 Å². The fourth-order valence-corrected chi connectivity index (χ4v) is 1.46. The smallest absolute Gasteiger partial charge is 0.0810 e. The van der Waals surface area contributed by atoms with E-state index >= 15 is 0 Å². The maximum absolute atomic E-state index is 4.09. The Kier molecular flexibility index (Phi) is 0.704. The van der Waals surface area contributed by atoms with Crippen molar-refractivity contribution in [3.8, 4) is 0 Å². The predicted octanol–water partition coefficient (Wildman–Crippen LogP) is 1.97. The first-order chi connectivity index (χ1) is 3.97. The van der Waals surface area contributed by atoms with Crippen molar-refractivity contribution in [1.82, 2.24) is 5.32 Å². The van der Waals surface area contributed by atoms with E-state index in [1.165, 1.54) is 4.88 Å². The van der Waals surface area contributed by atoms with Crippen LogP contribution in [-0.2, 0) is 0 Å². The van der Waals surface area contributed by atoms with Crippen LogP contribution >= 0.6 is 11.3 Å². The Morgan fingerprint density at radius 1 is 1.50 bits per heavy atom. The van der Waals surface area contributed by atoms with Crippen molar-refractivity contribution in [3.05, 3.63) is 22.5 Å². The largest absolute Gasteiger partial charge is 0.255 e. The molecule has 39 valence electrons. The summed E-state index contributed by atoms with van der Waals surface area (Å²) in [6.07, 6.45) is 3.86. The van der Waals surface area contributed by atoms with Gasteiger partial charge in [0, 0.05) is 6.20 Å². The molecule has 1 radical (unpaired) electrons. The zero-order chi connectivity index (χ0) is 5.40. The Hall–Kier alpha value is -0.760. The van der Waals surface area contributed by atoms with Crippen molar-refractivity contribution in [2.24, 2.45) is 0 Å². The van der Waals surface area contributed by atoms with E-state index in [0.29, 0.717) is 0 Å². The summed E-state index contributed by atoms with van der Waals surface area (Å²) in [6.45, 7) is 0. The fraction of sp³-hybridized carbons (Fsp3) is 0. The SMILES string of the molecule is C1=Cc2sccc2[N]1. The van der Waals surface area contributed by atoms with Gasteiger partial charge in [-0.2, -0.15) is 0 Å². The first-order valence-corrected chi connectivity index (χ1v) is 3.30. The van der Waals surface area contributed by atoms with Crippen molar-refractivity contribution in [2.45, 2.75) is 0 Å². The zero-order valence-corrected chi connectivity index (χ0v) is 4.98. The summed E-state index contributed by atoms with van der Waals surface area (Å²) in [4.78, 5) is 1.28. The summed E-state index contributed by atoms with van der Waals surface area (Å²) in [5, 5.41) is 6.14. The van der Waals surface area contributed by atoms with Crippen LogP contribution in [0.3, 0.4) is 0 Å². The summed E-state index contributed by atoms with van der Waals surface area (Å²) >= 11 is 1.73. The third-order valence-corrected chi connectivity index (χ3v) is 1.98. The molecule has 0 bridgehead atoms. The number of rotatable bonds is 0. The highest BCUT2D eigenvalue weighted by Gasteiger charge is 2.04. The average molecular weight is 122 g/mol. The van der Waals surface area contributed by atoms with Crippen LogP contribution in [0.25, 0.3) is 6.08 Å². The van der Waals surface area contributed by atoms with Gasteiger partial charge in [0.1, 0.15) is 0 Å². The van der Waals surface area contributed by atoms with E-state index in [0.717, 1.165) is 5.69 Å². The zero-order valence-electron chi connectivity index (χ0n) is 4.16. The number of fused-ring (bicyclic) bond motifs is 1. The maximum atomic E-state index is 4.09. The summed E-state index contributed by atoms with van der Waals surface area (Å²) in [5.74, 6) is 0. The van der Waals surface area contributed by atoms with Gasteiger partial charge >= 0.3 is 0 Å². The highest BCUT2D eigenvalue weighted by atomic mass is 32.1. The second-order valence-corrected chi connectivity index (χ2v) is 2.56. The third-order valence-electron chi connectivity index (χ3n) is 1.11. The molecule has 2 heterocycles. The molecule has 0 amide bonds. The van der Waals surface area contributed by atoms with Crippen LogP contribution in [-0.4, -0.2) is 0 Å². The number of nitrogens with zero attached hydrogens (tertiary/aromatic N) is 1. The number of thiophene rings is 1. The van der Waals surface area contributed by atoms with Crippen LogP contribution in [0.5, 0.6) is 0 Å². The molecule has 1 aromatic heterocycles. The highest BCUT2D eigenvalue weighted by Crippen LogP contribution is 2.27. The molecule has 0 unspecified atom stereocenters. The minimum atomic E-state index is 1.12. The van der Waals surface area contributed by atoms with Gasteiger partial charge in [0.05, 0.1) is 10.6 Å². The van der Waals surface area contributed by atoms with Gasteiger partial charge in [0.15, 0.2) is 0 Å². The Bertz CT molecular complexity index is 224. The average Bonchev–Trinajstić information content (AvgIpc) is 2.15. The molecule has 0 aromatic carbocycles. The summed E-state index contributed by atoms with van der Waals surface area (Å²) in [5.41, 5.74) is 1.12. The third kappa shape index (κ3) is 0.406. The van der Waals surface area contributed by atoms with E-state index in [-0.39, 0.29) is 0 Å². The Balaban J connectivity index is 2.67. The Morgan fingerprint density at radius 2 is 2.50 bits per heavy atom. The van der Waals surface area contributed by atoms with E-state index in [1.807, 2.05) is 18.3 Å². The standard InChI is InChI=1S/C6H4NS/c1-3-7-5-2-4-8-6(1)5/h1-4H. The summed E-state index contributed by atoms with van der Waals surface area (Å²) in [7, 11) is 0. The van der Waals surface area contributed by atoms with E-state index in [4.69, 9.17) is 0 Å².